The van der Waals surface area contributed by atoms with Crippen LogP contribution in [0.3, 0.4) is 0 Å². The first kappa shape index (κ1) is 21.9. The second kappa shape index (κ2) is 9.02. The van der Waals surface area contributed by atoms with E-state index in [1.165, 1.54) is 12.0 Å². The molecule has 32 heavy (non-hydrogen) atoms. The van der Waals surface area contributed by atoms with Crippen molar-refractivity contribution in [3.05, 3.63) is 70.3 Å². The zero-order valence-electron chi connectivity index (χ0n) is 17.3. The molecular formula is C24H21BrN2O5. The topological polar surface area (TPSA) is 99.1 Å². The number of benzene rings is 3. The predicted molar refractivity (Wildman–Crippen MR) is 125 cm³/mol. The summed E-state index contributed by atoms with van der Waals surface area (Å²) in [4.78, 5) is 26.7. The number of aromatic hydroxyl groups is 1. The standard InChI is InChI=1S/C24H21BrN2O5/c1-32-24(31)17-13-27(11-12-28)23(30)22(17)26-21-16(7-4-8-18(21)25)20-15-6-3-2-5-14(15)9-10-19(20)29/h2-10,26,28-29H,11-13H2,1H3. The summed E-state index contributed by atoms with van der Waals surface area (Å²) in [5, 5.41) is 24.9. The van der Waals surface area contributed by atoms with Crippen molar-refractivity contribution in [3.63, 3.8) is 0 Å². The Kier molecular flexibility index (Phi) is 6.16. The number of nitrogens with zero attached hydrogens (tertiary/aromatic N) is 1. The van der Waals surface area contributed by atoms with Gasteiger partial charge in [0.05, 0.1) is 31.5 Å². The number of hydrogen-bond donors (Lipinski definition) is 3. The number of hydrogen-bond acceptors (Lipinski definition) is 6. The van der Waals surface area contributed by atoms with Gasteiger partial charge in [-0.15, -0.1) is 0 Å². The first-order chi connectivity index (χ1) is 15.5. The maximum Gasteiger partial charge on any atom is 0.337 e. The number of methoxy groups -OCH3 is 1. The maximum atomic E-state index is 13.0. The van der Waals surface area contributed by atoms with Crippen LogP contribution in [0.4, 0.5) is 5.69 Å². The zero-order chi connectivity index (χ0) is 22.8. The smallest absolute Gasteiger partial charge is 0.337 e. The number of rotatable bonds is 6. The summed E-state index contributed by atoms with van der Waals surface area (Å²) in [5.41, 5.74) is 2.03. The van der Waals surface area contributed by atoms with Crippen molar-refractivity contribution in [2.75, 3.05) is 32.1 Å². The molecule has 0 atom stereocenters. The van der Waals surface area contributed by atoms with Gasteiger partial charge in [0.1, 0.15) is 11.4 Å². The van der Waals surface area contributed by atoms with Crippen LogP contribution in [-0.4, -0.2) is 53.8 Å². The molecule has 0 unspecified atom stereocenters. The van der Waals surface area contributed by atoms with Gasteiger partial charge in [-0.2, -0.15) is 0 Å². The second-order valence-corrected chi connectivity index (χ2v) is 8.12. The first-order valence-electron chi connectivity index (χ1n) is 9.94. The normalized spacial score (nSPS) is 13.7. The fraction of sp³-hybridized carbons (Fsp3) is 0.167. The molecule has 0 saturated carbocycles. The lowest BCUT2D eigenvalue weighted by Gasteiger charge is -2.18. The number of halogens is 1. The molecule has 0 aromatic heterocycles. The highest BCUT2D eigenvalue weighted by Crippen LogP contribution is 2.43. The van der Waals surface area contributed by atoms with Gasteiger partial charge in [0.25, 0.3) is 5.91 Å². The van der Waals surface area contributed by atoms with Crippen LogP contribution >= 0.6 is 15.9 Å². The lowest BCUT2D eigenvalue weighted by molar-refractivity contribution is -0.136. The molecule has 0 bridgehead atoms. The third-order valence-electron chi connectivity index (χ3n) is 5.39. The summed E-state index contributed by atoms with van der Waals surface area (Å²) in [5.74, 6) is -0.946. The van der Waals surface area contributed by atoms with E-state index in [4.69, 9.17) is 4.74 Å². The summed E-state index contributed by atoms with van der Waals surface area (Å²) >= 11 is 3.53. The average Bonchev–Trinajstić information content (AvgIpc) is 3.10. The fourth-order valence-corrected chi connectivity index (χ4v) is 4.34. The average molecular weight is 497 g/mol. The SMILES string of the molecule is COC(=O)C1=C(Nc2c(Br)cccc2-c2c(O)ccc3ccccc23)C(=O)N(CCO)C1. The number of carbonyl (C=O) groups is 2. The van der Waals surface area contributed by atoms with E-state index in [9.17, 15) is 19.8 Å². The van der Waals surface area contributed by atoms with Crippen molar-refractivity contribution in [1.29, 1.82) is 0 Å². The van der Waals surface area contributed by atoms with Crippen LogP contribution in [-0.2, 0) is 14.3 Å². The monoisotopic (exact) mass is 496 g/mol. The number of carbonyl (C=O) groups excluding carboxylic acids is 2. The van der Waals surface area contributed by atoms with Crippen LogP contribution in [0.25, 0.3) is 21.9 Å². The van der Waals surface area contributed by atoms with Gasteiger partial charge in [-0.3, -0.25) is 4.79 Å². The summed E-state index contributed by atoms with van der Waals surface area (Å²) in [7, 11) is 1.25. The van der Waals surface area contributed by atoms with Gasteiger partial charge in [0.2, 0.25) is 0 Å². The van der Waals surface area contributed by atoms with Crippen LogP contribution in [0.2, 0.25) is 0 Å². The molecule has 4 rings (SSSR count). The number of anilines is 1. The van der Waals surface area contributed by atoms with Crippen molar-refractivity contribution in [2.45, 2.75) is 0 Å². The number of para-hydroxylation sites is 1. The van der Waals surface area contributed by atoms with Crippen molar-refractivity contribution in [2.24, 2.45) is 0 Å². The van der Waals surface area contributed by atoms with Crippen LogP contribution in [0.5, 0.6) is 5.75 Å². The molecule has 1 aliphatic heterocycles. The van der Waals surface area contributed by atoms with E-state index in [0.717, 1.165) is 10.8 Å². The van der Waals surface area contributed by atoms with Crippen molar-refractivity contribution < 1.29 is 24.5 Å². The molecule has 3 aromatic rings. The summed E-state index contributed by atoms with van der Waals surface area (Å²) in [6.07, 6.45) is 0. The van der Waals surface area contributed by atoms with Gasteiger partial charge in [0, 0.05) is 22.1 Å². The molecule has 1 aliphatic rings. The molecule has 0 aliphatic carbocycles. The second-order valence-electron chi connectivity index (χ2n) is 7.26. The van der Waals surface area contributed by atoms with Crippen LogP contribution in [0.1, 0.15) is 0 Å². The van der Waals surface area contributed by atoms with Gasteiger partial charge in [-0.05, 0) is 38.8 Å². The van der Waals surface area contributed by atoms with E-state index in [0.29, 0.717) is 21.3 Å². The van der Waals surface area contributed by atoms with Crippen LogP contribution < -0.4 is 5.32 Å². The van der Waals surface area contributed by atoms with Crippen LogP contribution in [0.15, 0.2) is 70.3 Å². The third kappa shape index (κ3) is 3.83. The van der Waals surface area contributed by atoms with Crippen molar-refractivity contribution in [3.8, 4) is 16.9 Å². The molecule has 3 aromatic carbocycles. The summed E-state index contributed by atoms with van der Waals surface area (Å²) in [6.45, 7) is -0.0945. The summed E-state index contributed by atoms with van der Waals surface area (Å²) < 4.78 is 5.51. The Morgan fingerprint density at radius 2 is 1.94 bits per heavy atom. The lowest BCUT2D eigenvalue weighted by atomic mass is 9.95. The Bertz CT molecular complexity index is 1250. The molecule has 7 nitrogen and oxygen atoms in total. The number of ether oxygens (including phenoxy) is 1. The zero-order valence-corrected chi connectivity index (χ0v) is 18.8. The number of amides is 1. The molecule has 8 heteroatoms. The van der Waals surface area contributed by atoms with E-state index >= 15 is 0 Å². The Labute approximate surface area is 193 Å². The number of esters is 1. The molecule has 0 radical (unpaired) electrons. The van der Waals surface area contributed by atoms with Gasteiger partial charge < -0.3 is 25.2 Å². The molecular weight excluding hydrogens is 476 g/mol. The molecule has 1 amide bonds. The largest absolute Gasteiger partial charge is 0.507 e. The highest BCUT2D eigenvalue weighted by Gasteiger charge is 2.35. The van der Waals surface area contributed by atoms with E-state index in [2.05, 4.69) is 21.2 Å². The van der Waals surface area contributed by atoms with Crippen molar-refractivity contribution in [1.82, 2.24) is 4.90 Å². The fourth-order valence-electron chi connectivity index (χ4n) is 3.88. The van der Waals surface area contributed by atoms with Gasteiger partial charge in [0.15, 0.2) is 0 Å². The van der Waals surface area contributed by atoms with Crippen LogP contribution in [0, 0.1) is 0 Å². The molecule has 164 valence electrons. The highest BCUT2D eigenvalue weighted by molar-refractivity contribution is 9.10. The Balaban J connectivity index is 1.88. The molecule has 0 fully saturated rings. The minimum atomic E-state index is -0.622. The van der Waals surface area contributed by atoms with E-state index in [1.54, 1.807) is 12.1 Å². The minimum Gasteiger partial charge on any atom is -0.507 e. The van der Waals surface area contributed by atoms with Gasteiger partial charge >= 0.3 is 5.97 Å². The highest BCUT2D eigenvalue weighted by atomic mass is 79.9. The number of aliphatic hydroxyl groups excluding tert-OH is 1. The molecule has 0 spiro atoms. The van der Waals surface area contributed by atoms with E-state index in [-0.39, 0.29) is 36.7 Å². The number of phenols is 1. The molecule has 3 N–H and O–H groups in total. The molecule has 0 saturated heterocycles. The number of phenolic OH excluding ortho intramolecular Hbond substituents is 1. The van der Waals surface area contributed by atoms with E-state index in [1.807, 2.05) is 42.5 Å². The van der Waals surface area contributed by atoms with Gasteiger partial charge in [-0.1, -0.05) is 42.5 Å². The summed E-state index contributed by atoms with van der Waals surface area (Å²) in [6, 6.07) is 16.6. The quantitative estimate of drug-likeness (QED) is 0.450. The predicted octanol–water partition coefficient (Wildman–Crippen LogP) is 3.65. The minimum absolute atomic E-state index is 0.0354. The number of nitrogens with one attached hydrogen (secondary N) is 1. The van der Waals surface area contributed by atoms with E-state index < -0.39 is 11.9 Å². The van der Waals surface area contributed by atoms with Gasteiger partial charge in [-0.25, -0.2) is 4.79 Å². The number of β-amino-alcohol motifs (C(OH)–C–C–N with tert-alkyl or cyclic N) is 1. The Morgan fingerprint density at radius 1 is 1.16 bits per heavy atom. The Hall–Kier alpha value is -3.36. The number of fused-ring (bicyclic) bond motifs is 1. The third-order valence-corrected chi connectivity index (χ3v) is 6.05. The molecule has 1 heterocycles. The lowest BCUT2D eigenvalue weighted by Crippen LogP contribution is -2.31. The number of aliphatic hydroxyl groups is 1. The van der Waals surface area contributed by atoms with Crippen molar-refractivity contribution >= 4 is 44.3 Å². The Morgan fingerprint density at radius 3 is 2.69 bits per heavy atom. The first-order valence-corrected chi connectivity index (χ1v) is 10.7. The maximum absolute atomic E-state index is 13.0.